The van der Waals surface area contributed by atoms with Crippen molar-refractivity contribution >= 4 is 34.9 Å². The maximum absolute atomic E-state index is 12.7. The maximum Gasteiger partial charge on any atom is 0.409 e. The molecule has 0 radical (unpaired) electrons. The van der Waals surface area contributed by atoms with Crippen molar-refractivity contribution < 1.29 is 19.1 Å². The van der Waals surface area contributed by atoms with Crippen LogP contribution in [0.5, 0.6) is 0 Å². The van der Waals surface area contributed by atoms with Crippen molar-refractivity contribution in [2.24, 2.45) is 0 Å². The fraction of sp³-hybridized carbons (Fsp3) is 0.483. The van der Waals surface area contributed by atoms with Crippen molar-refractivity contribution in [3.05, 3.63) is 60.2 Å². The Morgan fingerprint density at radius 3 is 2.54 bits per heavy atom. The molecule has 1 aromatic heterocycles. The van der Waals surface area contributed by atoms with Crippen LogP contribution in [0.4, 0.5) is 4.79 Å². The van der Waals surface area contributed by atoms with Gasteiger partial charge in [0.25, 0.3) is 0 Å². The van der Waals surface area contributed by atoms with E-state index in [-0.39, 0.29) is 24.7 Å². The molecule has 1 heterocycles. The Kier molecular flexibility index (Phi) is 11.8. The summed E-state index contributed by atoms with van der Waals surface area (Å²) in [5.74, 6) is 0.495. The van der Waals surface area contributed by atoms with Crippen molar-refractivity contribution in [2.75, 3.05) is 25.4 Å². The highest BCUT2D eigenvalue weighted by Gasteiger charge is 2.18. The number of para-hydroxylation sites is 2. The van der Waals surface area contributed by atoms with E-state index in [0.717, 1.165) is 54.0 Å². The minimum atomic E-state index is -0.263. The van der Waals surface area contributed by atoms with E-state index in [1.54, 1.807) is 16.7 Å². The summed E-state index contributed by atoms with van der Waals surface area (Å²) in [6.07, 6.45) is 3.82. The lowest BCUT2D eigenvalue weighted by Gasteiger charge is -2.22. The molecule has 0 bridgehead atoms. The van der Waals surface area contributed by atoms with Gasteiger partial charge in [-0.3, -0.25) is 4.79 Å². The zero-order chi connectivity index (χ0) is 26.5. The van der Waals surface area contributed by atoms with Crippen molar-refractivity contribution in [2.45, 2.75) is 70.7 Å². The zero-order valence-electron chi connectivity index (χ0n) is 22.2. The number of rotatable bonds is 15. The highest BCUT2D eigenvalue weighted by atomic mass is 32.2. The van der Waals surface area contributed by atoms with Crippen LogP contribution in [-0.2, 0) is 27.2 Å². The Morgan fingerprint density at radius 2 is 1.78 bits per heavy atom. The van der Waals surface area contributed by atoms with Crippen molar-refractivity contribution in [1.82, 2.24) is 14.5 Å². The number of carbonyl (C=O) groups is 2. The predicted octanol–water partition coefficient (Wildman–Crippen LogP) is 6.34. The molecule has 37 heavy (non-hydrogen) atoms. The molecule has 0 aliphatic heterocycles. The van der Waals surface area contributed by atoms with E-state index in [2.05, 4.69) is 19.1 Å². The van der Waals surface area contributed by atoms with Crippen LogP contribution in [0.15, 0.2) is 59.8 Å². The smallest absolute Gasteiger partial charge is 0.409 e. The molecule has 1 unspecified atom stereocenters. The minimum absolute atomic E-state index is 0.114. The molecule has 2 aromatic carbocycles. The number of amides is 1. The Hall–Kier alpha value is -3.00. The predicted molar refractivity (Wildman–Crippen MR) is 149 cm³/mol. The lowest BCUT2D eigenvalue weighted by molar-refractivity contribution is -0.149. The van der Waals surface area contributed by atoms with Gasteiger partial charge in [0.2, 0.25) is 0 Å². The van der Waals surface area contributed by atoms with Crippen molar-refractivity contribution in [3.63, 3.8) is 0 Å². The van der Waals surface area contributed by atoms with Gasteiger partial charge >= 0.3 is 12.1 Å². The number of carbonyl (C=O) groups excluding carboxylic acids is 2. The number of fused-ring (bicyclic) bond motifs is 1. The third-order valence-electron chi connectivity index (χ3n) is 6.11. The highest BCUT2D eigenvalue weighted by Crippen LogP contribution is 2.25. The van der Waals surface area contributed by atoms with Crippen LogP contribution >= 0.6 is 11.8 Å². The van der Waals surface area contributed by atoms with Gasteiger partial charge in [0, 0.05) is 18.8 Å². The molecule has 0 aliphatic carbocycles. The number of imidazole rings is 1. The fourth-order valence-electron chi connectivity index (χ4n) is 3.81. The molecule has 1 atom stereocenters. The number of hydrogen-bond acceptors (Lipinski definition) is 6. The van der Waals surface area contributed by atoms with Gasteiger partial charge in [-0.15, -0.1) is 0 Å². The van der Waals surface area contributed by atoms with Gasteiger partial charge < -0.3 is 18.9 Å². The molecule has 0 fully saturated rings. The van der Waals surface area contributed by atoms with Crippen LogP contribution in [0.2, 0.25) is 0 Å². The Labute approximate surface area is 224 Å². The van der Waals surface area contributed by atoms with Crippen LogP contribution in [0.25, 0.3) is 11.0 Å². The van der Waals surface area contributed by atoms with Crippen LogP contribution < -0.4 is 0 Å². The first-order chi connectivity index (χ1) is 18.0. The second kappa shape index (κ2) is 15.3. The van der Waals surface area contributed by atoms with E-state index in [4.69, 9.17) is 14.5 Å². The first kappa shape index (κ1) is 28.6. The monoisotopic (exact) mass is 525 g/mol. The molecule has 0 N–H and O–H groups in total. The molecular weight excluding hydrogens is 486 g/mol. The summed E-state index contributed by atoms with van der Waals surface area (Å²) < 4.78 is 12.9. The van der Waals surface area contributed by atoms with Gasteiger partial charge in [0.05, 0.1) is 23.7 Å². The van der Waals surface area contributed by atoms with E-state index < -0.39 is 0 Å². The second-order valence-electron chi connectivity index (χ2n) is 9.07. The normalized spacial score (nSPS) is 11.9. The van der Waals surface area contributed by atoms with E-state index in [9.17, 15) is 9.59 Å². The van der Waals surface area contributed by atoms with Crippen molar-refractivity contribution in [1.29, 1.82) is 0 Å². The van der Waals surface area contributed by atoms with Gasteiger partial charge in [-0.2, -0.15) is 0 Å². The van der Waals surface area contributed by atoms with E-state index in [1.807, 2.05) is 60.9 Å². The van der Waals surface area contributed by atoms with Crippen LogP contribution in [0, 0.1) is 0 Å². The maximum atomic E-state index is 12.7. The van der Waals surface area contributed by atoms with Crippen molar-refractivity contribution in [3.8, 4) is 0 Å². The summed E-state index contributed by atoms with van der Waals surface area (Å²) in [6.45, 7) is 7.75. The number of ether oxygens (including phenoxy) is 2. The third-order valence-corrected chi connectivity index (χ3v) is 7.18. The molecule has 3 rings (SSSR count). The van der Waals surface area contributed by atoms with Gasteiger partial charge in [-0.05, 0) is 50.3 Å². The molecule has 200 valence electrons. The van der Waals surface area contributed by atoms with Gasteiger partial charge in [0.1, 0.15) is 6.54 Å². The summed E-state index contributed by atoms with van der Waals surface area (Å²) in [5, 5.41) is 0.781. The molecule has 0 aliphatic rings. The fourth-order valence-corrected chi connectivity index (χ4v) is 4.75. The summed E-state index contributed by atoms with van der Waals surface area (Å²) in [5.41, 5.74) is 2.96. The number of nitrogens with zero attached hydrogens (tertiary/aromatic N) is 3. The lowest BCUT2D eigenvalue weighted by Crippen LogP contribution is -2.34. The number of benzene rings is 2. The molecule has 0 spiro atoms. The molecule has 0 saturated heterocycles. The Bertz CT molecular complexity index is 1120. The van der Waals surface area contributed by atoms with E-state index in [1.165, 1.54) is 5.56 Å². The quantitative estimate of drug-likeness (QED) is 0.131. The third kappa shape index (κ3) is 9.11. The highest BCUT2D eigenvalue weighted by molar-refractivity contribution is 7.99. The van der Waals surface area contributed by atoms with Crippen LogP contribution in [0.1, 0.15) is 52.0 Å². The zero-order valence-corrected chi connectivity index (χ0v) is 23.0. The molecule has 7 nitrogen and oxygen atoms in total. The van der Waals surface area contributed by atoms with Crippen LogP contribution in [0.3, 0.4) is 0 Å². The minimum Gasteiger partial charge on any atom is -0.461 e. The van der Waals surface area contributed by atoms with E-state index in [0.29, 0.717) is 19.7 Å². The van der Waals surface area contributed by atoms with E-state index >= 15 is 0 Å². The summed E-state index contributed by atoms with van der Waals surface area (Å²) in [7, 11) is 0. The number of esters is 1. The van der Waals surface area contributed by atoms with Gasteiger partial charge in [0.15, 0.2) is 5.16 Å². The number of unbranched alkanes of at least 4 members (excludes halogenated alkanes) is 1. The van der Waals surface area contributed by atoms with Crippen LogP contribution in [-0.4, -0.2) is 58.1 Å². The second-order valence-corrected chi connectivity index (χ2v) is 10.1. The number of aromatic nitrogens is 2. The first-order valence-corrected chi connectivity index (χ1v) is 14.2. The molecule has 3 aromatic rings. The van der Waals surface area contributed by atoms with Gasteiger partial charge in [-0.25, -0.2) is 9.78 Å². The molecular formula is C29H39N3O4S. The SMILES string of the molecule is CCCCOC(=O)N(CCCSc1nc2ccccc2n1CC(=O)OC(C)CC)CCc1ccccc1. The Balaban J connectivity index is 1.61. The average molecular weight is 526 g/mol. The first-order valence-electron chi connectivity index (χ1n) is 13.2. The number of hydrogen-bond donors (Lipinski definition) is 0. The molecule has 1 amide bonds. The number of thioether (sulfide) groups is 1. The molecule has 0 saturated carbocycles. The average Bonchev–Trinajstić information content (AvgIpc) is 3.25. The largest absolute Gasteiger partial charge is 0.461 e. The topological polar surface area (TPSA) is 73.7 Å². The summed E-state index contributed by atoms with van der Waals surface area (Å²) in [6, 6.07) is 18.0. The summed E-state index contributed by atoms with van der Waals surface area (Å²) in [4.78, 5) is 31.8. The standard InChI is InChI=1S/C29H39N3O4S/c1-4-6-20-35-29(34)31(19-17-24-13-8-7-9-14-24)18-12-21-37-28-30-25-15-10-11-16-26(25)32(28)22-27(33)36-23(3)5-2/h7-11,13-16,23H,4-6,12,17-22H2,1-3H3. The summed E-state index contributed by atoms with van der Waals surface area (Å²) >= 11 is 1.59. The Morgan fingerprint density at radius 1 is 1.03 bits per heavy atom. The van der Waals surface area contributed by atoms with Gasteiger partial charge in [-0.1, -0.05) is 74.5 Å². The molecule has 8 heteroatoms. The lowest BCUT2D eigenvalue weighted by atomic mass is 10.1.